The summed E-state index contributed by atoms with van der Waals surface area (Å²) in [6.07, 6.45) is 8.03. The quantitative estimate of drug-likeness (QED) is 0.819. The molecule has 0 atom stereocenters. The van der Waals surface area contributed by atoms with Crippen LogP contribution >= 0.6 is 0 Å². The van der Waals surface area contributed by atoms with Gasteiger partial charge in [0.2, 0.25) is 0 Å². The smallest absolute Gasteiger partial charge is 0.317 e. The van der Waals surface area contributed by atoms with E-state index in [9.17, 15) is 9.59 Å². The minimum absolute atomic E-state index is 0.0600. The SMILES string of the molecule is CCN(C(=O)NCC1CCC(C(=O)O)CC1)C1CCCC1. The number of carboxylic acids is 1. The average molecular weight is 296 g/mol. The van der Waals surface area contributed by atoms with Gasteiger partial charge in [0.1, 0.15) is 0 Å². The van der Waals surface area contributed by atoms with Crippen molar-refractivity contribution in [3.8, 4) is 0 Å². The highest BCUT2D eigenvalue weighted by Crippen LogP contribution is 2.28. The maximum Gasteiger partial charge on any atom is 0.317 e. The highest BCUT2D eigenvalue weighted by atomic mass is 16.4. The van der Waals surface area contributed by atoms with Gasteiger partial charge >= 0.3 is 12.0 Å². The van der Waals surface area contributed by atoms with E-state index >= 15 is 0 Å². The molecule has 0 bridgehead atoms. The molecule has 21 heavy (non-hydrogen) atoms. The third-order valence-electron chi connectivity index (χ3n) is 5.10. The first-order valence-corrected chi connectivity index (χ1v) is 8.39. The Kier molecular flexibility index (Phi) is 5.88. The summed E-state index contributed by atoms with van der Waals surface area (Å²) in [5.41, 5.74) is 0. The van der Waals surface area contributed by atoms with E-state index in [4.69, 9.17) is 5.11 Å². The van der Waals surface area contributed by atoms with Crippen molar-refractivity contribution in [3.05, 3.63) is 0 Å². The molecule has 2 aliphatic rings. The van der Waals surface area contributed by atoms with Crippen molar-refractivity contribution in [1.82, 2.24) is 10.2 Å². The van der Waals surface area contributed by atoms with Crippen LogP contribution in [0.15, 0.2) is 0 Å². The zero-order valence-electron chi connectivity index (χ0n) is 13.0. The molecule has 5 nitrogen and oxygen atoms in total. The van der Waals surface area contributed by atoms with Crippen LogP contribution in [-0.4, -0.2) is 41.1 Å². The van der Waals surface area contributed by atoms with E-state index in [1.807, 2.05) is 11.8 Å². The first-order chi connectivity index (χ1) is 10.1. The maximum absolute atomic E-state index is 12.3. The molecule has 2 aliphatic carbocycles. The first-order valence-electron chi connectivity index (χ1n) is 8.39. The summed E-state index contributed by atoms with van der Waals surface area (Å²) < 4.78 is 0. The molecule has 0 aliphatic heterocycles. The van der Waals surface area contributed by atoms with Crippen LogP contribution in [-0.2, 0) is 4.79 Å². The number of aliphatic carboxylic acids is 1. The second kappa shape index (κ2) is 7.66. The zero-order valence-corrected chi connectivity index (χ0v) is 13.0. The van der Waals surface area contributed by atoms with Crippen LogP contribution in [0.5, 0.6) is 0 Å². The summed E-state index contributed by atoms with van der Waals surface area (Å²) >= 11 is 0. The Morgan fingerprint density at radius 1 is 1.10 bits per heavy atom. The Morgan fingerprint density at radius 3 is 2.24 bits per heavy atom. The third-order valence-corrected chi connectivity index (χ3v) is 5.10. The highest BCUT2D eigenvalue weighted by molar-refractivity contribution is 5.74. The van der Waals surface area contributed by atoms with Crippen LogP contribution in [0.2, 0.25) is 0 Å². The van der Waals surface area contributed by atoms with Gasteiger partial charge in [0.05, 0.1) is 5.92 Å². The maximum atomic E-state index is 12.3. The molecule has 0 aromatic rings. The van der Waals surface area contributed by atoms with E-state index in [-0.39, 0.29) is 11.9 Å². The predicted molar refractivity (Wildman–Crippen MR) is 81.1 cm³/mol. The van der Waals surface area contributed by atoms with Gasteiger partial charge in [0.25, 0.3) is 0 Å². The van der Waals surface area contributed by atoms with E-state index in [2.05, 4.69) is 5.32 Å². The number of urea groups is 1. The molecule has 0 unspecified atom stereocenters. The normalized spacial score (nSPS) is 26.5. The number of rotatable bonds is 5. The molecule has 0 radical (unpaired) electrons. The standard InChI is InChI=1S/C16H28N2O3/c1-2-18(14-5-3-4-6-14)16(21)17-11-12-7-9-13(10-8-12)15(19)20/h12-14H,2-11H2,1H3,(H,17,21)(H,19,20). The van der Waals surface area contributed by atoms with Gasteiger partial charge < -0.3 is 15.3 Å². The number of amides is 2. The van der Waals surface area contributed by atoms with Gasteiger partial charge in [-0.2, -0.15) is 0 Å². The second-order valence-electron chi connectivity index (χ2n) is 6.47. The summed E-state index contributed by atoms with van der Waals surface area (Å²) in [4.78, 5) is 25.2. The Balaban J connectivity index is 1.72. The number of carboxylic acid groups (broad SMARTS) is 1. The van der Waals surface area contributed by atoms with Gasteiger partial charge in [-0.25, -0.2) is 4.79 Å². The Morgan fingerprint density at radius 2 is 1.71 bits per heavy atom. The molecule has 120 valence electrons. The molecule has 0 spiro atoms. The molecule has 0 heterocycles. The van der Waals surface area contributed by atoms with Crippen LogP contribution in [0.4, 0.5) is 4.79 Å². The fourth-order valence-electron chi connectivity index (χ4n) is 3.73. The third kappa shape index (κ3) is 4.35. The lowest BCUT2D eigenvalue weighted by Gasteiger charge is -2.30. The number of carbonyl (C=O) groups excluding carboxylic acids is 1. The van der Waals surface area contributed by atoms with E-state index in [1.165, 1.54) is 12.8 Å². The molecule has 2 fully saturated rings. The van der Waals surface area contributed by atoms with Gasteiger partial charge in [-0.3, -0.25) is 4.79 Å². The first kappa shape index (κ1) is 16.1. The van der Waals surface area contributed by atoms with Crippen molar-refractivity contribution in [3.63, 3.8) is 0 Å². The summed E-state index contributed by atoms with van der Waals surface area (Å²) in [7, 11) is 0. The monoisotopic (exact) mass is 296 g/mol. The Hall–Kier alpha value is -1.26. The lowest BCUT2D eigenvalue weighted by Crippen LogP contribution is -2.46. The minimum Gasteiger partial charge on any atom is -0.481 e. The molecule has 0 saturated heterocycles. The average Bonchev–Trinajstić information content (AvgIpc) is 3.00. The lowest BCUT2D eigenvalue weighted by molar-refractivity contribution is -0.143. The van der Waals surface area contributed by atoms with Crippen LogP contribution in [0.1, 0.15) is 58.3 Å². The summed E-state index contributed by atoms with van der Waals surface area (Å²) in [6.45, 7) is 3.49. The van der Waals surface area contributed by atoms with E-state index in [0.717, 1.165) is 45.1 Å². The molecule has 0 aromatic heterocycles. The van der Waals surface area contributed by atoms with Crippen molar-refractivity contribution in [2.45, 2.75) is 64.3 Å². The molecule has 2 N–H and O–H groups in total. The molecule has 5 heteroatoms. The number of hydrogen-bond donors (Lipinski definition) is 2. The van der Waals surface area contributed by atoms with Crippen LogP contribution in [0.25, 0.3) is 0 Å². The van der Waals surface area contributed by atoms with Gasteiger partial charge in [0.15, 0.2) is 0 Å². The second-order valence-corrected chi connectivity index (χ2v) is 6.47. The van der Waals surface area contributed by atoms with E-state index < -0.39 is 5.97 Å². The molecule has 2 rings (SSSR count). The Bertz CT molecular complexity index is 359. The summed E-state index contributed by atoms with van der Waals surface area (Å²) in [5, 5.41) is 12.1. The van der Waals surface area contributed by atoms with Crippen LogP contribution in [0.3, 0.4) is 0 Å². The molecular formula is C16H28N2O3. The molecular weight excluding hydrogens is 268 g/mol. The largest absolute Gasteiger partial charge is 0.481 e. The van der Waals surface area contributed by atoms with Crippen molar-refractivity contribution >= 4 is 12.0 Å². The number of carbonyl (C=O) groups is 2. The predicted octanol–water partition coefficient (Wildman–Crippen LogP) is 2.85. The molecule has 2 saturated carbocycles. The number of hydrogen-bond acceptors (Lipinski definition) is 2. The zero-order chi connectivity index (χ0) is 15.2. The van der Waals surface area contributed by atoms with Crippen LogP contribution in [0, 0.1) is 11.8 Å². The Labute approximate surface area is 127 Å². The highest BCUT2D eigenvalue weighted by Gasteiger charge is 2.28. The fourth-order valence-corrected chi connectivity index (χ4v) is 3.73. The number of nitrogens with one attached hydrogen (secondary N) is 1. The van der Waals surface area contributed by atoms with Crippen molar-refractivity contribution in [2.24, 2.45) is 11.8 Å². The van der Waals surface area contributed by atoms with Gasteiger partial charge in [-0.15, -0.1) is 0 Å². The molecule has 2 amide bonds. The number of nitrogens with zero attached hydrogens (tertiary/aromatic N) is 1. The topological polar surface area (TPSA) is 69.6 Å². The van der Waals surface area contributed by atoms with E-state index in [1.54, 1.807) is 0 Å². The summed E-state index contributed by atoms with van der Waals surface area (Å²) in [6, 6.07) is 0.475. The summed E-state index contributed by atoms with van der Waals surface area (Å²) in [5.74, 6) is -0.412. The fraction of sp³-hybridized carbons (Fsp3) is 0.875. The van der Waals surface area contributed by atoms with Crippen molar-refractivity contribution < 1.29 is 14.7 Å². The van der Waals surface area contributed by atoms with E-state index in [0.29, 0.717) is 18.5 Å². The van der Waals surface area contributed by atoms with Crippen molar-refractivity contribution in [1.29, 1.82) is 0 Å². The van der Waals surface area contributed by atoms with Gasteiger partial charge in [0, 0.05) is 19.1 Å². The van der Waals surface area contributed by atoms with Crippen LogP contribution < -0.4 is 5.32 Å². The van der Waals surface area contributed by atoms with Gasteiger partial charge in [-0.1, -0.05) is 12.8 Å². The lowest BCUT2D eigenvalue weighted by atomic mass is 9.82. The minimum atomic E-state index is -0.670. The van der Waals surface area contributed by atoms with Gasteiger partial charge in [-0.05, 0) is 51.4 Å². The molecule has 0 aromatic carbocycles. The van der Waals surface area contributed by atoms with Crippen molar-refractivity contribution in [2.75, 3.05) is 13.1 Å².